The Labute approximate surface area is 269 Å². The van der Waals surface area contributed by atoms with E-state index in [1.54, 1.807) is 5.57 Å². The number of hydrogen-bond acceptors (Lipinski definition) is 6. The number of nitrogens with one attached hydrogen (secondary N) is 3. The number of nitrogens with two attached hydrogens (primary N) is 1. The highest BCUT2D eigenvalue weighted by atomic mass is 15.2. The minimum Gasteiger partial charge on any atom is -0.361 e. The van der Waals surface area contributed by atoms with Crippen LogP contribution < -0.4 is 16.4 Å². The van der Waals surface area contributed by atoms with Gasteiger partial charge in [-0.2, -0.15) is 0 Å². The van der Waals surface area contributed by atoms with E-state index in [2.05, 4.69) is 85.9 Å². The van der Waals surface area contributed by atoms with Gasteiger partial charge in [0, 0.05) is 70.0 Å². The molecule has 3 heterocycles. The second-order valence-electron chi connectivity index (χ2n) is 11.3. The predicted octanol–water partition coefficient (Wildman–Crippen LogP) is 6.95. The van der Waals surface area contributed by atoms with Crippen LogP contribution in [0.4, 0.5) is 0 Å². The Hall–Kier alpha value is -4.14. The molecule has 0 saturated carbocycles. The lowest BCUT2D eigenvalue weighted by Crippen LogP contribution is -2.38. The number of benzene rings is 2. The van der Waals surface area contributed by atoms with Crippen molar-refractivity contribution in [1.29, 1.82) is 0 Å². The fourth-order valence-corrected chi connectivity index (χ4v) is 5.05. The third-order valence-corrected chi connectivity index (χ3v) is 7.65. The van der Waals surface area contributed by atoms with Crippen LogP contribution >= 0.6 is 0 Å². The number of fused-ring (bicyclic) bond motifs is 1. The minimum absolute atomic E-state index is 0.576. The van der Waals surface area contributed by atoms with Crippen LogP contribution in [0, 0.1) is 0 Å². The first kappa shape index (κ1) is 33.7. The summed E-state index contributed by atoms with van der Waals surface area (Å²) in [6.07, 6.45) is 13.5. The van der Waals surface area contributed by atoms with Gasteiger partial charge in [-0.3, -0.25) is 20.2 Å². The highest BCUT2D eigenvalue weighted by Gasteiger charge is 2.07. The molecule has 236 valence electrons. The highest BCUT2D eigenvalue weighted by molar-refractivity contribution is 5.78. The zero-order chi connectivity index (χ0) is 31.4. The highest BCUT2D eigenvalue weighted by Crippen LogP contribution is 2.15. The lowest BCUT2D eigenvalue weighted by atomic mass is 10.0. The van der Waals surface area contributed by atoms with Crippen molar-refractivity contribution in [2.45, 2.75) is 58.8 Å². The van der Waals surface area contributed by atoms with Crippen molar-refractivity contribution in [2.24, 2.45) is 5.73 Å². The maximum Gasteiger partial charge on any atom is 0.0542 e. The van der Waals surface area contributed by atoms with Crippen molar-refractivity contribution in [2.75, 3.05) is 19.8 Å². The number of pyridine rings is 2. The summed E-state index contributed by atoms with van der Waals surface area (Å²) in [5.41, 5.74) is 13.1. The molecule has 3 aromatic heterocycles. The van der Waals surface area contributed by atoms with Gasteiger partial charge in [0.2, 0.25) is 0 Å². The lowest BCUT2D eigenvalue weighted by molar-refractivity contribution is 0.242. The Balaban J connectivity index is 0.000000230. The maximum atomic E-state index is 5.71. The third kappa shape index (κ3) is 13.2. The van der Waals surface area contributed by atoms with Gasteiger partial charge in [0.1, 0.15) is 0 Å². The molecule has 45 heavy (non-hydrogen) atoms. The summed E-state index contributed by atoms with van der Waals surface area (Å²) in [5.74, 6) is 0. The summed E-state index contributed by atoms with van der Waals surface area (Å²) in [6.45, 7) is 7.83. The molecule has 0 saturated heterocycles. The Kier molecular flexibility index (Phi) is 15.0. The van der Waals surface area contributed by atoms with E-state index in [-0.39, 0.29) is 0 Å². The number of allylic oxidation sites excluding steroid dienone is 2. The van der Waals surface area contributed by atoms with E-state index < -0.39 is 0 Å². The third-order valence-electron chi connectivity index (χ3n) is 7.65. The molecule has 0 aliphatic heterocycles. The summed E-state index contributed by atoms with van der Waals surface area (Å²) < 4.78 is 0. The Bertz CT molecular complexity index is 1470. The SMILES string of the molecule is CC1=CCCCC1.NCc1ccc(CN(CCNCc2ccccn2)CNCc2ccccn2)cc1.c1ccc2[nH]ccc2c1. The summed E-state index contributed by atoms with van der Waals surface area (Å²) >= 11 is 0. The quantitative estimate of drug-likeness (QED) is 0.0701. The monoisotopic (exact) mass is 603 g/mol. The van der Waals surface area contributed by atoms with E-state index in [9.17, 15) is 0 Å². The molecule has 0 radical (unpaired) electrons. The topological polar surface area (TPSA) is 94.9 Å². The zero-order valence-electron chi connectivity index (χ0n) is 26.7. The van der Waals surface area contributed by atoms with Crippen molar-refractivity contribution in [3.05, 3.63) is 144 Å². The Morgan fingerprint density at radius 3 is 2.07 bits per heavy atom. The van der Waals surface area contributed by atoms with Gasteiger partial charge in [0.05, 0.1) is 11.4 Å². The average molecular weight is 604 g/mol. The molecule has 5 aromatic rings. The molecule has 1 aliphatic carbocycles. The van der Waals surface area contributed by atoms with Crippen molar-refractivity contribution >= 4 is 10.9 Å². The summed E-state index contributed by atoms with van der Waals surface area (Å²) in [5, 5.41) is 8.27. The number of nitrogens with zero attached hydrogens (tertiary/aromatic N) is 3. The van der Waals surface area contributed by atoms with Crippen LogP contribution in [0.25, 0.3) is 10.9 Å². The van der Waals surface area contributed by atoms with Gasteiger partial charge < -0.3 is 16.0 Å². The minimum atomic E-state index is 0.576. The first-order valence-corrected chi connectivity index (χ1v) is 16.1. The standard InChI is InChI=1S/C23H30N6.C8H7N.C7H12/c24-15-20-7-9-21(10-8-20)18-29(19-26-17-23-6-2-4-12-28-23)14-13-25-16-22-5-1-3-11-27-22;1-2-4-8-7(3-1)5-6-9-8;1-7-5-3-2-4-6-7/h1-12,25-26H,13-19,24H2;1-6,9H;5H,2-4,6H2,1H3. The molecule has 0 spiro atoms. The molecular weight excluding hydrogens is 554 g/mol. The van der Waals surface area contributed by atoms with E-state index in [4.69, 9.17) is 5.73 Å². The number of para-hydroxylation sites is 1. The fourth-order valence-electron chi connectivity index (χ4n) is 5.05. The van der Waals surface area contributed by atoms with Crippen LogP contribution in [-0.4, -0.2) is 39.6 Å². The van der Waals surface area contributed by atoms with Gasteiger partial charge in [-0.1, -0.05) is 66.2 Å². The van der Waals surface area contributed by atoms with E-state index in [0.717, 1.165) is 56.3 Å². The van der Waals surface area contributed by atoms with Crippen LogP contribution in [0.3, 0.4) is 0 Å². The molecule has 0 unspecified atom stereocenters. The number of aromatic amines is 1. The maximum absolute atomic E-state index is 5.71. The van der Waals surface area contributed by atoms with Gasteiger partial charge in [-0.25, -0.2) is 0 Å². The summed E-state index contributed by atoms with van der Waals surface area (Å²) in [4.78, 5) is 14.2. The van der Waals surface area contributed by atoms with Crippen molar-refractivity contribution in [1.82, 2.24) is 30.5 Å². The lowest BCUT2D eigenvalue weighted by Gasteiger charge is -2.23. The number of hydrogen-bond donors (Lipinski definition) is 4. The number of aromatic nitrogens is 3. The molecule has 7 heteroatoms. The first-order valence-electron chi connectivity index (χ1n) is 16.1. The van der Waals surface area contributed by atoms with Crippen LogP contribution in [-0.2, 0) is 26.2 Å². The zero-order valence-corrected chi connectivity index (χ0v) is 26.7. The van der Waals surface area contributed by atoms with E-state index in [1.165, 1.54) is 42.1 Å². The van der Waals surface area contributed by atoms with Crippen molar-refractivity contribution < 1.29 is 0 Å². The Morgan fingerprint density at radius 2 is 1.47 bits per heavy atom. The largest absolute Gasteiger partial charge is 0.361 e. The molecule has 2 aromatic carbocycles. The van der Waals surface area contributed by atoms with Crippen molar-refractivity contribution in [3.8, 4) is 0 Å². The molecule has 7 nitrogen and oxygen atoms in total. The second-order valence-corrected chi connectivity index (χ2v) is 11.3. The van der Waals surface area contributed by atoms with E-state index in [0.29, 0.717) is 6.54 Å². The fraction of sp³-hybridized carbons (Fsp3) is 0.316. The van der Waals surface area contributed by atoms with Gasteiger partial charge in [0.25, 0.3) is 0 Å². The van der Waals surface area contributed by atoms with Crippen LogP contribution in [0.1, 0.15) is 55.1 Å². The van der Waals surface area contributed by atoms with Crippen LogP contribution in [0.2, 0.25) is 0 Å². The van der Waals surface area contributed by atoms with Gasteiger partial charge in [0.15, 0.2) is 0 Å². The normalized spacial score (nSPS) is 12.6. The Morgan fingerprint density at radius 1 is 0.778 bits per heavy atom. The van der Waals surface area contributed by atoms with Crippen LogP contribution in [0.15, 0.2) is 121 Å². The predicted molar refractivity (Wildman–Crippen MR) is 187 cm³/mol. The first-order chi connectivity index (χ1) is 22.2. The second kappa shape index (κ2) is 20.0. The molecule has 1 aliphatic rings. The number of rotatable bonds is 12. The molecule has 6 rings (SSSR count). The molecule has 0 amide bonds. The molecule has 0 bridgehead atoms. The van der Waals surface area contributed by atoms with E-state index in [1.807, 2.05) is 67.1 Å². The van der Waals surface area contributed by atoms with Gasteiger partial charge in [-0.15, -0.1) is 0 Å². The summed E-state index contributed by atoms with van der Waals surface area (Å²) in [6, 6.07) is 30.8. The van der Waals surface area contributed by atoms with Crippen molar-refractivity contribution in [3.63, 3.8) is 0 Å². The molecule has 0 fully saturated rings. The van der Waals surface area contributed by atoms with Crippen LogP contribution in [0.5, 0.6) is 0 Å². The summed E-state index contributed by atoms with van der Waals surface area (Å²) in [7, 11) is 0. The van der Waals surface area contributed by atoms with Gasteiger partial charge >= 0.3 is 0 Å². The smallest absolute Gasteiger partial charge is 0.0542 e. The number of H-pyrrole nitrogens is 1. The van der Waals surface area contributed by atoms with Gasteiger partial charge in [-0.05, 0) is 85.5 Å². The molecule has 0 atom stereocenters. The van der Waals surface area contributed by atoms with E-state index >= 15 is 0 Å². The molecular formula is C38H49N7. The average Bonchev–Trinajstić information content (AvgIpc) is 3.58. The molecule has 5 N–H and O–H groups in total.